The van der Waals surface area contributed by atoms with Gasteiger partial charge in [0, 0.05) is 17.5 Å². The molecule has 0 spiro atoms. The van der Waals surface area contributed by atoms with Crippen molar-refractivity contribution in [1.82, 2.24) is 4.98 Å². The zero-order valence-corrected chi connectivity index (χ0v) is 12.7. The summed E-state index contributed by atoms with van der Waals surface area (Å²) >= 11 is 1.88. The average Bonchev–Trinajstić information content (AvgIpc) is 2.92. The Bertz CT molecular complexity index is 487. The molecule has 0 aromatic carbocycles. The predicted octanol–water partition coefficient (Wildman–Crippen LogP) is 2.63. The number of nitrogens with two attached hydrogens (primary N) is 1. The second-order valence-corrected chi connectivity index (χ2v) is 7.32. The number of anilines is 1. The van der Waals surface area contributed by atoms with Crippen molar-refractivity contribution in [3.63, 3.8) is 0 Å². The fourth-order valence-corrected chi connectivity index (χ4v) is 5.15. The van der Waals surface area contributed by atoms with Gasteiger partial charge in [-0.2, -0.15) is 0 Å². The normalized spacial score (nSPS) is 33.6. The van der Waals surface area contributed by atoms with E-state index in [2.05, 4.69) is 4.90 Å². The van der Waals surface area contributed by atoms with Gasteiger partial charge in [0.2, 0.25) is 0 Å². The third-order valence-electron chi connectivity index (χ3n) is 4.96. The number of thiazole rings is 1. The summed E-state index contributed by atoms with van der Waals surface area (Å²) in [7, 11) is 0. The van der Waals surface area contributed by atoms with Crippen LogP contribution in [0.25, 0.3) is 0 Å². The van der Waals surface area contributed by atoms with Gasteiger partial charge in [-0.05, 0) is 32.1 Å². The number of hydrogen-bond acceptors (Lipinski definition) is 5. The number of fused-ring (bicyclic) bond motifs is 2. The molecule has 3 unspecified atom stereocenters. The highest BCUT2D eigenvalue weighted by Crippen LogP contribution is 2.39. The van der Waals surface area contributed by atoms with E-state index in [0.717, 1.165) is 19.6 Å². The van der Waals surface area contributed by atoms with Crippen molar-refractivity contribution in [3.05, 3.63) is 10.6 Å². The zero-order valence-electron chi connectivity index (χ0n) is 11.9. The molecule has 20 heavy (non-hydrogen) atoms. The molecule has 1 saturated heterocycles. The molecule has 110 valence electrons. The van der Waals surface area contributed by atoms with Crippen LogP contribution in [0, 0.1) is 0 Å². The van der Waals surface area contributed by atoms with Crippen LogP contribution >= 0.6 is 11.3 Å². The van der Waals surface area contributed by atoms with Gasteiger partial charge in [0.1, 0.15) is 0 Å². The molecule has 3 aliphatic rings. The van der Waals surface area contributed by atoms with E-state index in [4.69, 9.17) is 15.5 Å². The van der Waals surface area contributed by atoms with E-state index in [0.29, 0.717) is 12.1 Å². The number of nitrogens with zero attached hydrogens (tertiary/aromatic N) is 2. The van der Waals surface area contributed by atoms with E-state index in [1.165, 1.54) is 54.2 Å². The quantitative estimate of drug-likeness (QED) is 0.865. The first kappa shape index (κ1) is 13.0. The molecule has 5 heteroatoms. The number of morpholine rings is 1. The fourth-order valence-electron chi connectivity index (χ4n) is 3.90. The summed E-state index contributed by atoms with van der Waals surface area (Å²) in [5.74, 6) is 0. The topological polar surface area (TPSA) is 51.4 Å². The maximum Gasteiger partial charge on any atom is 0.186 e. The summed E-state index contributed by atoms with van der Waals surface area (Å²) < 4.78 is 5.97. The molecule has 3 atom stereocenters. The van der Waals surface area contributed by atoms with Crippen molar-refractivity contribution >= 4 is 16.5 Å². The summed E-state index contributed by atoms with van der Waals surface area (Å²) in [5.41, 5.74) is 7.40. The second kappa shape index (κ2) is 5.28. The molecule has 0 bridgehead atoms. The number of rotatable bonds is 1. The minimum atomic E-state index is 0.159. The first-order valence-electron chi connectivity index (χ1n) is 7.96. The van der Waals surface area contributed by atoms with Crippen molar-refractivity contribution in [2.24, 2.45) is 5.73 Å². The summed E-state index contributed by atoms with van der Waals surface area (Å²) in [4.78, 5) is 8.86. The molecule has 2 heterocycles. The molecule has 2 aliphatic carbocycles. The highest BCUT2D eigenvalue weighted by Gasteiger charge is 2.36. The lowest BCUT2D eigenvalue weighted by Crippen LogP contribution is -2.52. The van der Waals surface area contributed by atoms with Gasteiger partial charge < -0.3 is 15.4 Å². The molecule has 4 rings (SSSR count). The minimum absolute atomic E-state index is 0.159. The van der Waals surface area contributed by atoms with Gasteiger partial charge in [-0.3, -0.25) is 0 Å². The van der Waals surface area contributed by atoms with Crippen LogP contribution in [0.1, 0.15) is 55.1 Å². The molecular formula is C15H23N3OS. The Morgan fingerprint density at radius 1 is 1.20 bits per heavy atom. The first-order valence-corrected chi connectivity index (χ1v) is 8.78. The standard InChI is InChI=1S/C15H23N3OS/c16-10-4-3-7-13-14(10)17-15(20-13)18-8-9-19-12-6-2-1-5-11(12)18/h10-12H,1-9,16H2. The summed E-state index contributed by atoms with van der Waals surface area (Å²) in [5, 5.41) is 1.20. The van der Waals surface area contributed by atoms with Crippen molar-refractivity contribution in [2.45, 2.75) is 63.1 Å². The number of aryl methyl sites for hydroxylation is 1. The predicted molar refractivity (Wildman–Crippen MR) is 81.3 cm³/mol. The minimum Gasteiger partial charge on any atom is -0.374 e. The largest absolute Gasteiger partial charge is 0.374 e. The van der Waals surface area contributed by atoms with E-state index in [-0.39, 0.29) is 6.04 Å². The Labute approximate surface area is 124 Å². The summed E-state index contributed by atoms with van der Waals surface area (Å²) in [6.07, 6.45) is 8.99. The van der Waals surface area contributed by atoms with Gasteiger partial charge in [0.25, 0.3) is 0 Å². The van der Waals surface area contributed by atoms with E-state index >= 15 is 0 Å². The lowest BCUT2D eigenvalue weighted by atomic mass is 9.90. The Morgan fingerprint density at radius 2 is 2.10 bits per heavy atom. The second-order valence-electron chi connectivity index (χ2n) is 6.26. The smallest absolute Gasteiger partial charge is 0.186 e. The number of ether oxygens (including phenoxy) is 1. The Balaban J connectivity index is 1.63. The van der Waals surface area contributed by atoms with Gasteiger partial charge in [0.05, 0.1) is 24.4 Å². The highest BCUT2D eigenvalue weighted by molar-refractivity contribution is 7.15. The van der Waals surface area contributed by atoms with E-state index in [1.807, 2.05) is 11.3 Å². The fraction of sp³-hybridized carbons (Fsp3) is 0.800. The van der Waals surface area contributed by atoms with Crippen LogP contribution in [-0.4, -0.2) is 30.3 Å². The molecule has 1 aliphatic heterocycles. The van der Waals surface area contributed by atoms with Crippen molar-refractivity contribution < 1.29 is 4.74 Å². The lowest BCUT2D eigenvalue weighted by molar-refractivity contribution is -0.00870. The molecule has 1 aromatic heterocycles. The highest BCUT2D eigenvalue weighted by atomic mass is 32.1. The van der Waals surface area contributed by atoms with Crippen LogP contribution < -0.4 is 10.6 Å². The van der Waals surface area contributed by atoms with Crippen LogP contribution in [0.2, 0.25) is 0 Å². The maximum atomic E-state index is 6.22. The van der Waals surface area contributed by atoms with Gasteiger partial charge in [-0.15, -0.1) is 11.3 Å². The third-order valence-corrected chi connectivity index (χ3v) is 6.13. The number of aromatic nitrogens is 1. The van der Waals surface area contributed by atoms with Crippen molar-refractivity contribution in [3.8, 4) is 0 Å². The van der Waals surface area contributed by atoms with E-state index in [1.54, 1.807) is 0 Å². The van der Waals surface area contributed by atoms with Crippen molar-refractivity contribution in [2.75, 3.05) is 18.1 Å². The first-order chi connectivity index (χ1) is 9.83. The van der Waals surface area contributed by atoms with Gasteiger partial charge in [-0.25, -0.2) is 4.98 Å². The Morgan fingerprint density at radius 3 is 3.00 bits per heavy atom. The van der Waals surface area contributed by atoms with Crippen LogP contribution in [-0.2, 0) is 11.2 Å². The van der Waals surface area contributed by atoms with Crippen molar-refractivity contribution in [1.29, 1.82) is 0 Å². The van der Waals surface area contributed by atoms with Crippen LogP contribution in [0.4, 0.5) is 5.13 Å². The molecule has 2 fully saturated rings. The Kier molecular flexibility index (Phi) is 3.44. The van der Waals surface area contributed by atoms with Crippen LogP contribution in [0.3, 0.4) is 0 Å². The maximum absolute atomic E-state index is 6.22. The molecule has 4 nitrogen and oxygen atoms in total. The molecule has 1 saturated carbocycles. The average molecular weight is 293 g/mol. The molecule has 0 radical (unpaired) electrons. The Hall–Kier alpha value is -0.650. The number of hydrogen-bond donors (Lipinski definition) is 1. The van der Waals surface area contributed by atoms with Gasteiger partial charge in [-0.1, -0.05) is 12.8 Å². The van der Waals surface area contributed by atoms with Crippen LogP contribution in [0.5, 0.6) is 0 Å². The molecular weight excluding hydrogens is 270 g/mol. The summed E-state index contributed by atoms with van der Waals surface area (Å²) in [6, 6.07) is 0.702. The SMILES string of the molecule is NC1CCCc2sc(N3CCOC4CCCCC43)nc21. The summed E-state index contributed by atoms with van der Waals surface area (Å²) in [6.45, 7) is 1.83. The lowest BCUT2D eigenvalue weighted by Gasteiger charge is -2.43. The van der Waals surface area contributed by atoms with Crippen LogP contribution in [0.15, 0.2) is 0 Å². The monoisotopic (exact) mass is 293 g/mol. The molecule has 0 amide bonds. The van der Waals surface area contributed by atoms with E-state index < -0.39 is 0 Å². The molecule has 2 N–H and O–H groups in total. The van der Waals surface area contributed by atoms with Gasteiger partial charge >= 0.3 is 0 Å². The third kappa shape index (κ3) is 2.16. The van der Waals surface area contributed by atoms with E-state index in [9.17, 15) is 0 Å². The molecule has 1 aromatic rings. The van der Waals surface area contributed by atoms with Gasteiger partial charge in [0.15, 0.2) is 5.13 Å². The zero-order chi connectivity index (χ0) is 13.5.